The van der Waals surface area contributed by atoms with Crippen LogP contribution in [0.15, 0.2) is 38.0 Å². The molecule has 0 aliphatic carbocycles. The van der Waals surface area contributed by atoms with E-state index in [1.54, 1.807) is 4.57 Å². The number of rotatable bonds is 16. The zero-order valence-electron chi connectivity index (χ0n) is 33.3. The van der Waals surface area contributed by atoms with Gasteiger partial charge in [-0.15, -0.1) is 0 Å². The van der Waals surface area contributed by atoms with Gasteiger partial charge in [-0.3, -0.25) is 27.4 Å². The summed E-state index contributed by atoms with van der Waals surface area (Å²) in [6.45, 7) is -0.449. The number of hydrogen-bond donors (Lipinski definition) is 3. The summed E-state index contributed by atoms with van der Waals surface area (Å²) < 4.78 is 93.8. The molecule has 6 N–H and O–H groups in total. The van der Waals surface area contributed by atoms with Crippen molar-refractivity contribution in [2.24, 2.45) is 0 Å². The predicted molar refractivity (Wildman–Crippen MR) is 207 cm³/mol. The Labute approximate surface area is 359 Å². The lowest BCUT2D eigenvalue weighted by Gasteiger charge is -2.33. The Hall–Kier alpha value is -4.74. The lowest BCUT2D eigenvalue weighted by molar-refractivity contribution is -0.262. The molecule has 0 bridgehead atoms. The van der Waals surface area contributed by atoms with Crippen LogP contribution in [-0.4, -0.2) is 122 Å². The molecule has 3 aliphatic rings. The van der Waals surface area contributed by atoms with Gasteiger partial charge in [0.15, 0.2) is 40.7 Å². The Kier molecular flexibility index (Phi) is 12.0. The highest BCUT2D eigenvalue weighted by atomic mass is 31.2. The number of nitrogens with zero attached hydrogens (tertiary/aromatic N) is 12. The number of nitrogens with two attached hydrogens (primary N) is 3. The van der Waals surface area contributed by atoms with Crippen molar-refractivity contribution in [1.82, 2.24) is 58.6 Å². The molecule has 9 heterocycles. The molecule has 6 aromatic heterocycles. The van der Waals surface area contributed by atoms with E-state index in [1.807, 2.05) is 0 Å². The summed E-state index contributed by atoms with van der Waals surface area (Å²) in [5, 5.41) is 0. The zero-order chi connectivity index (χ0) is 45.1. The van der Waals surface area contributed by atoms with Crippen molar-refractivity contribution in [3.05, 3.63) is 38.0 Å². The summed E-state index contributed by atoms with van der Waals surface area (Å²) in [7, 11) is -13.9. The maximum absolute atomic E-state index is 13.8. The molecule has 12 atom stereocenters. The Morgan fingerprint density at radius 1 is 0.594 bits per heavy atom. The van der Waals surface area contributed by atoms with Crippen molar-refractivity contribution in [2.45, 2.75) is 74.8 Å². The van der Waals surface area contributed by atoms with Gasteiger partial charge in [0.05, 0.1) is 44.4 Å². The average Bonchev–Trinajstić information content (AvgIpc) is 4.09. The second-order valence-corrected chi connectivity index (χ2v) is 19.1. The Bertz CT molecular complexity index is 2830. The van der Waals surface area contributed by atoms with E-state index in [0.717, 1.165) is 13.0 Å². The van der Waals surface area contributed by atoms with Crippen LogP contribution < -0.4 is 31.9 Å². The van der Waals surface area contributed by atoms with Crippen molar-refractivity contribution >= 4 is 74.2 Å². The number of aromatic nitrogens is 12. The Morgan fingerprint density at radius 2 is 1.02 bits per heavy atom. The third-order valence-electron chi connectivity index (χ3n) is 10.4. The van der Waals surface area contributed by atoms with Crippen LogP contribution in [0.5, 0.6) is 0 Å². The summed E-state index contributed by atoms with van der Waals surface area (Å²) in [6.07, 6.45) is -3.83. The predicted octanol–water partition coefficient (Wildman–Crippen LogP) is -0.972. The maximum atomic E-state index is 13.8. The number of phosphoric acid groups is 2. The van der Waals surface area contributed by atoms with Crippen molar-refractivity contribution in [2.75, 3.05) is 44.2 Å². The second kappa shape index (κ2) is 17.2. The molecule has 3 saturated heterocycles. The van der Waals surface area contributed by atoms with Gasteiger partial charge in [-0.1, -0.05) is 0 Å². The molecule has 33 heteroatoms. The molecule has 0 spiro atoms. The number of hydrogen-bond acceptors (Lipinski definition) is 27. The fourth-order valence-electron chi connectivity index (χ4n) is 7.50. The van der Waals surface area contributed by atoms with Crippen LogP contribution in [0.3, 0.4) is 0 Å². The van der Waals surface area contributed by atoms with Gasteiger partial charge in [0.25, 0.3) is 15.6 Å². The molecule has 6 aromatic rings. The summed E-state index contributed by atoms with van der Waals surface area (Å²) in [6, 6.07) is 0. The third-order valence-corrected chi connectivity index (χ3v) is 13.0. The molecule has 0 saturated carbocycles. The first-order valence-electron chi connectivity index (χ1n) is 19.0. The third kappa shape index (κ3) is 9.08. The van der Waals surface area contributed by atoms with Gasteiger partial charge in [-0.05, 0) is 0 Å². The standard InChI is InChI=1S/C31H40N15O15P3/c1-53-14-3-19(44-11-41-22-25(32)35-8-38-28(22)44)56-17(14)7-55-63(49,50)61-31-16(5-21(58-31)46-13-43-24-27(34)37-10-40-30(24)46)60-64(51,52)59-15-4-20(57-18(15)6-54-62(2,47)48)45-12-42-23-26(33)36-9-39-29(23)45/h8-21,31H,3-7H2,1-2H3,(H,47,48)(H,49,50)(H,51,52)(H2,32,35,38)(H2,33,36,39)(H2,34,37,40)/p-3/t14-,15-,16?,17-,18-,19-,20-,21-,31-/m1/s1. The van der Waals surface area contributed by atoms with Gasteiger partial charge >= 0.3 is 0 Å². The highest BCUT2D eigenvalue weighted by molar-refractivity contribution is 7.50. The van der Waals surface area contributed by atoms with E-state index < -0.39 is 98.4 Å². The van der Waals surface area contributed by atoms with E-state index in [1.165, 1.54) is 47.9 Å². The minimum absolute atomic E-state index is 0.0215. The van der Waals surface area contributed by atoms with Crippen molar-refractivity contribution in [1.29, 1.82) is 0 Å². The largest absolute Gasteiger partial charge is 0.779 e. The fraction of sp³-hybridized carbons (Fsp3) is 0.516. The smallest absolute Gasteiger partial charge is 0.270 e. The molecule has 4 unspecified atom stereocenters. The van der Waals surface area contributed by atoms with Crippen LogP contribution in [0.25, 0.3) is 33.5 Å². The number of imidazole rings is 3. The van der Waals surface area contributed by atoms with Crippen LogP contribution in [0.1, 0.15) is 37.9 Å². The minimum Gasteiger partial charge on any atom is -0.779 e. The second-order valence-electron chi connectivity index (χ2n) is 14.6. The lowest BCUT2D eigenvalue weighted by Crippen LogP contribution is -2.34. The van der Waals surface area contributed by atoms with E-state index in [-0.39, 0.29) is 52.6 Å². The number of methoxy groups -OCH3 is 1. The van der Waals surface area contributed by atoms with Crippen LogP contribution in [0.4, 0.5) is 17.5 Å². The molecule has 0 radical (unpaired) electrons. The first kappa shape index (κ1) is 44.5. The summed E-state index contributed by atoms with van der Waals surface area (Å²) in [4.78, 5) is 76.2. The molecule has 3 fully saturated rings. The van der Waals surface area contributed by atoms with Crippen LogP contribution in [0.2, 0.25) is 0 Å². The van der Waals surface area contributed by atoms with Gasteiger partial charge in [0.2, 0.25) is 0 Å². The van der Waals surface area contributed by atoms with E-state index in [4.69, 9.17) is 58.8 Å². The number of anilines is 3. The van der Waals surface area contributed by atoms with Crippen molar-refractivity contribution < 1.29 is 69.9 Å². The number of ether oxygens (including phenoxy) is 4. The zero-order valence-corrected chi connectivity index (χ0v) is 35.9. The highest BCUT2D eigenvalue weighted by Crippen LogP contribution is 2.52. The number of phosphoric ester groups is 2. The minimum atomic E-state index is -5.54. The van der Waals surface area contributed by atoms with Gasteiger partial charge in [0, 0.05) is 33.0 Å². The van der Waals surface area contributed by atoms with Gasteiger partial charge in [0.1, 0.15) is 80.1 Å². The molecule has 344 valence electrons. The fourth-order valence-corrected chi connectivity index (χ4v) is 9.87. The first-order chi connectivity index (χ1) is 30.5. The number of nitrogen functional groups attached to an aromatic ring is 3. The van der Waals surface area contributed by atoms with Crippen molar-refractivity contribution in [3.63, 3.8) is 0 Å². The van der Waals surface area contributed by atoms with E-state index in [9.17, 15) is 28.4 Å². The molecular weight excluding hydrogens is 915 g/mol. The lowest BCUT2D eigenvalue weighted by atomic mass is 10.2. The average molecular weight is 953 g/mol. The molecule has 0 aromatic carbocycles. The van der Waals surface area contributed by atoms with E-state index in [2.05, 4.69) is 44.9 Å². The number of fused-ring (bicyclic) bond motifs is 3. The van der Waals surface area contributed by atoms with Crippen LogP contribution in [0, 0.1) is 0 Å². The Morgan fingerprint density at radius 3 is 1.50 bits per heavy atom. The Balaban J connectivity index is 0.927. The SMILES string of the molecule is CO[C@@H]1C[C@H](n2cnc3c(N)ncnc32)O[C@@H]1COP(=O)([O-])O[C@H]1O[C@@H](n2cnc3c(N)ncnc32)CC1OP(=O)([O-])O[C@@H]1C[C@H](n2cnc3c(N)ncnc32)O[C@@H]1COP(C)(=O)[O-]. The molecule has 64 heavy (non-hydrogen) atoms. The summed E-state index contributed by atoms with van der Waals surface area (Å²) in [5.74, 6) is 0.235. The summed E-state index contributed by atoms with van der Waals surface area (Å²) in [5.41, 5.74) is 19.3. The first-order valence-corrected chi connectivity index (χ1v) is 23.9. The molecular formula is C31H37N15O15P3-3. The van der Waals surface area contributed by atoms with Gasteiger partial charge < -0.3 is 73.5 Å². The molecule has 30 nitrogen and oxygen atoms in total. The topological polar surface area (TPSA) is 412 Å². The quantitative estimate of drug-likeness (QED) is 0.0982. The summed E-state index contributed by atoms with van der Waals surface area (Å²) >= 11 is 0. The van der Waals surface area contributed by atoms with E-state index >= 15 is 0 Å². The van der Waals surface area contributed by atoms with Gasteiger partial charge in [-0.2, -0.15) is 0 Å². The molecule has 9 rings (SSSR count). The highest BCUT2D eigenvalue weighted by Gasteiger charge is 2.46. The van der Waals surface area contributed by atoms with Crippen LogP contribution >= 0.6 is 23.2 Å². The molecule has 3 aliphatic heterocycles. The van der Waals surface area contributed by atoms with Crippen LogP contribution in [-0.2, 0) is 55.3 Å². The van der Waals surface area contributed by atoms with Gasteiger partial charge in [-0.25, -0.2) is 44.9 Å². The maximum Gasteiger partial charge on any atom is 0.270 e. The van der Waals surface area contributed by atoms with E-state index in [0.29, 0.717) is 11.2 Å². The normalized spacial score (nSPS) is 29.1. The van der Waals surface area contributed by atoms with Crippen molar-refractivity contribution in [3.8, 4) is 0 Å². The molecule has 0 amide bonds. The monoisotopic (exact) mass is 952 g/mol.